The summed E-state index contributed by atoms with van der Waals surface area (Å²) < 4.78 is 50.5. The summed E-state index contributed by atoms with van der Waals surface area (Å²) in [4.78, 5) is 10.7. The zero-order valence-corrected chi connectivity index (χ0v) is 29.6. The molecule has 0 aromatic heterocycles. The largest absolute Gasteiger partial charge is 0.481 e. The lowest BCUT2D eigenvalue weighted by Crippen LogP contribution is -2.48. The Morgan fingerprint density at radius 3 is 2.30 bits per heavy atom. The van der Waals surface area contributed by atoms with E-state index in [9.17, 15) is 9.90 Å². The maximum atomic E-state index is 15.9. The van der Waals surface area contributed by atoms with Crippen LogP contribution in [-0.2, 0) is 18.7 Å². The number of alkyl halides is 2. The number of aliphatic carboxylic acids is 1. The fourth-order valence-electron chi connectivity index (χ4n) is 6.20. The van der Waals surface area contributed by atoms with Gasteiger partial charge in [-0.15, -0.1) is 0 Å². The summed E-state index contributed by atoms with van der Waals surface area (Å²) in [6.07, 6.45) is 13.9. The van der Waals surface area contributed by atoms with Crippen LogP contribution in [0.4, 0.5) is 8.78 Å². The van der Waals surface area contributed by atoms with Crippen molar-refractivity contribution in [2.24, 2.45) is 11.8 Å². The molecule has 0 aromatic carbocycles. The smallest absolute Gasteiger partial charge is 0.303 e. The van der Waals surface area contributed by atoms with Gasteiger partial charge in [0.25, 0.3) is 5.92 Å². The van der Waals surface area contributed by atoms with Crippen molar-refractivity contribution in [3.8, 4) is 0 Å². The molecule has 1 aliphatic heterocycles. The van der Waals surface area contributed by atoms with Gasteiger partial charge < -0.3 is 24.1 Å². The van der Waals surface area contributed by atoms with Gasteiger partial charge in [-0.25, -0.2) is 8.78 Å². The molecule has 6 atom stereocenters. The lowest BCUT2D eigenvalue weighted by Gasteiger charge is -2.40. The molecule has 2 aliphatic rings. The Hall–Kier alpha value is -0.873. The second-order valence-corrected chi connectivity index (χ2v) is 19.6. The number of carboxylic acid groups (broad SMARTS) is 1. The SMILES string of the molecule is CCCCCCC(F)(F)C(/C=C/[C@@H]1[C@@H](CCCCCCCCC(=O)O)[C@@H](O)C[C@H]1OC1CCCCO1)O[Si](C)(C)C(C)(C)C. The number of rotatable bonds is 21. The second kappa shape index (κ2) is 19.1. The number of unbranched alkanes of at least 4 members (excludes halogenated alkanes) is 8. The van der Waals surface area contributed by atoms with Crippen molar-refractivity contribution in [1.29, 1.82) is 0 Å². The highest BCUT2D eigenvalue weighted by Crippen LogP contribution is 2.43. The van der Waals surface area contributed by atoms with Crippen molar-refractivity contribution in [3.63, 3.8) is 0 Å². The molecular weight excluding hydrogens is 582 g/mol. The molecule has 1 aliphatic carbocycles. The number of carbonyl (C=O) groups is 1. The van der Waals surface area contributed by atoms with Gasteiger partial charge >= 0.3 is 5.97 Å². The Morgan fingerprint density at radius 2 is 1.68 bits per heavy atom. The van der Waals surface area contributed by atoms with Gasteiger partial charge in [-0.3, -0.25) is 4.79 Å². The Kier molecular flexibility index (Phi) is 17.0. The van der Waals surface area contributed by atoms with Crippen LogP contribution in [-0.4, -0.2) is 61.6 Å². The minimum atomic E-state index is -2.99. The molecule has 1 saturated heterocycles. The molecule has 1 heterocycles. The van der Waals surface area contributed by atoms with E-state index in [-0.39, 0.29) is 42.1 Å². The van der Waals surface area contributed by atoms with E-state index in [0.717, 1.165) is 77.0 Å². The molecule has 6 nitrogen and oxygen atoms in total. The van der Waals surface area contributed by atoms with Crippen LogP contribution in [0, 0.1) is 11.8 Å². The Morgan fingerprint density at radius 1 is 1.02 bits per heavy atom. The first-order valence-corrected chi connectivity index (χ1v) is 20.5. The lowest BCUT2D eigenvalue weighted by atomic mass is 9.87. The van der Waals surface area contributed by atoms with Crippen molar-refractivity contribution in [2.45, 2.75) is 186 Å². The summed E-state index contributed by atoms with van der Waals surface area (Å²) >= 11 is 0. The number of hydrogen-bond acceptors (Lipinski definition) is 5. The van der Waals surface area contributed by atoms with E-state index in [4.69, 9.17) is 19.0 Å². The highest BCUT2D eigenvalue weighted by atomic mass is 28.4. The molecule has 0 radical (unpaired) electrons. The highest BCUT2D eigenvalue weighted by molar-refractivity contribution is 6.74. The quantitative estimate of drug-likeness (QED) is 0.0734. The molecule has 258 valence electrons. The van der Waals surface area contributed by atoms with E-state index in [1.54, 1.807) is 6.08 Å². The third-order valence-electron chi connectivity index (χ3n) is 10.1. The highest BCUT2D eigenvalue weighted by Gasteiger charge is 2.47. The molecule has 0 bridgehead atoms. The minimum absolute atomic E-state index is 0.0847. The van der Waals surface area contributed by atoms with Crippen molar-refractivity contribution < 1.29 is 37.7 Å². The summed E-state index contributed by atoms with van der Waals surface area (Å²) in [5.74, 6) is -4.03. The van der Waals surface area contributed by atoms with Crippen molar-refractivity contribution in [1.82, 2.24) is 0 Å². The number of carboxylic acids is 1. The number of hydrogen-bond donors (Lipinski definition) is 2. The van der Waals surface area contributed by atoms with Gasteiger partial charge in [0.2, 0.25) is 0 Å². The van der Waals surface area contributed by atoms with E-state index >= 15 is 8.78 Å². The van der Waals surface area contributed by atoms with Crippen molar-refractivity contribution in [2.75, 3.05) is 6.61 Å². The van der Waals surface area contributed by atoms with Gasteiger partial charge in [0.1, 0.15) is 6.10 Å². The predicted molar refractivity (Wildman–Crippen MR) is 176 cm³/mol. The van der Waals surface area contributed by atoms with Gasteiger partial charge in [-0.2, -0.15) is 0 Å². The first-order chi connectivity index (χ1) is 20.7. The summed E-state index contributed by atoms with van der Waals surface area (Å²) in [5.41, 5.74) is 0. The Labute approximate surface area is 267 Å². The van der Waals surface area contributed by atoms with Crippen molar-refractivity contribution in [3.05, 3.63) is 12.2 Å². The molecule has 44 heavy (non-hydrogen) atoms. The molecule has 2 fully saturated rings. The van der Waals surface area contributed by atoms with Gasteiger partial charge in [0, 0.05) is 31.8 Å². The topological polar surface area (TPSA) is 85.2 Å². The second-order valence-electron chi connectivity index (χ2n) is 14.8. The third-order valence-corrected chi connectivity index (χ3v) is 14.5. The van der Waals surface area contributed by atoms with Crippen LogP contribution >= 0.6 is 0 Å². The maximum Gasteiger partial charge on any atom is 0.303 e. The Balaban J connectivity index is 2.20. The van der Waals surface area contributed by atoms with Gasteiger partial charge in [-0.1, -0.05) is 91.2 Å². The number of aliphatic hydroxyl groups excluding tert-OH is 1. The number of halogens is 2. The molecular formula is C35H64F2O6Si. The lowest BCUT2D eigenvalue weighted by molar-refractivity contribution is -0.193. The molecule has 2 unspecified atom stereocenters. The summed E-state index contributed by atoms with van der Waals surface area (Å²) in [6.45, 7) is 13.0. The van der Waals surface area contributed by atoms with E-state index in [1.165, 1.54) is 0 Å². The summed E-state index contributed by atoms with van der Waals surface area (Å²) in [6, 6.07) is 0. The predicted octanol–water partition coefficient (Wildman–Crippen LogP) is 9.65. The van der Waals surface area contributed by atoms with Gasteiger partial charge in [0.05, 0.1) is 12.2 Å². The van der Waals surface area contributed by atoms with Crippen LogP contribution in [0.3, 0.4) is 0 Å². The van der Waals surface area contributed by atoms with Gasteiger partial charge in [-0.05, 0) is 62.6 Å². The zero-order valence-electron chi connectivity index (χ0n) is 28.6. The van der Waals surface area contributed by atoms with Crippen LogP contribution in [0.2, 0.25) is 18.1 Å². The monoisotopic (exact) mass is 646 g/mol. The summed E-state index contributed by atoms with van der Waals surface area (Å²) in [7, 11) is -2.50. The normalized spacial score (nSPS) is 26.0. The zero-order chi connectivity index (χ0) is 32.8. The summed E-state index contributed by atoms with van der Waals surface area (Å²) in [5, 5.41) is 19.8. The third kappa shape index (κ3) is 13.5. The van der Waals surface area contributed by atoms with Crippen LogP contribution in [0.5, 0.6) is 0 Å². The van der Waals surface area contributed by atoms with Crippen LogP contribution < -0.4 is 0 Å². The molecule has 0 spiro atoms. The van der Waals surface area contributed by atoms with E-state index < -0.39 is 32.4 Å². The van der Waals surface area contributed by atoms with Crippen LogP contribution in [0.1, 0.15) is 137 Å². The molecule has 9 heteroatoms. The van der Waals surface area contributed by atoms with Gasteiger partial charge in [0.15, 0.2) is 14.6 Å². The van der Waals surface area contributed by atoms with Crippen LogP contribution in [0.15, 0.2) is 12.2 Å². The molecule has 0 aromatic rings. The molecule has 2 N–H and O–H groups in total. The molecule has 2 rings (SSSR count). The first-order valence-electron chi connectivity index (χ1n) is 17.6. The van der Waals surface area contributed by atoms with E-state index in [1.807, 2.05) is 19.2 Å². The number of aliphatic hydroxyl groups is 1. The average Bonchev–Trinajstić information content (AvgIpc) is 3.23. The van der Waals surface area contributed by atoms with E-state index in [2.05, 4.69) is 27.7 Å². The van der Waals surface area contributed by atoms with Crippen LogP contribution in [0.25, 0.3) is 0 Å². The number of ether oxygens (including phenoxy) is 2. The average molecular weight is 647 g/mol. The maximum absolute atomic E-state index is 15.9. The fraction of sp³-hybridized carbons (Fsp3) is 0.914. The minimum Gasteiger partial charge on any atom is -0.481 e. The standard InChI is InChI=1S/C35H64F2O6Si/c1-7-8-9-17-24-35(36,37)31(43-44(5,6)34(2,3)4)23-22-28-27(19-14-12-10-11-13-15-20-32(39)40)29(38)26-30(28)42-33-21-16-18-25-41-33/h22-23,27-31,33,38H,7-21,24-26H2,1-6H3,(H,39,40)/b23-22+/t27-,28-,29+,30-,31?,33?/m1/s1. The fourth-order valence-corrected chi connectivity index (χ4v) is 7.44. The first kappa shape index (κ1) is 39.3. The molecule has 0 amide bonds. The molecule has 1 saturated carbocycles. The Bertz CT molecular complexity index is 840. The van der Waals surface area contributed by atoms with Crippen molar-refractivity contribution >= 4 is 14.3 Å². The van der Waals surface area contributed by atoms with E-state index in [0.29, 0.717) is 25.9 Å².